The van der Waals surface area contributed by atoms with Gasteiger partial charge in [0.2, 0.25) is 5.91 Å². The highest BCUT2D eigenvalue weighted by Gasteiger charge is 2.29. The number of hydrogen-bond donors (Lipinski definition) is 1. The van der Waals surface area contributed by atoms with Crippen LogP contribution in [0.3, 0.4) is 0 Å². The average molecular weight is 295 g/mol. The zero-order chi connectivity index (χ0) is 11.8. The van der Waals surface area contributed by atoms with Crippen molar-refractivity contribution in [2.24, 2.45) is 0 Å². The second-order valence-corrected chi connectivity index (χ2v) is 5.69. The summed E-state index contributed by atoms with van der Waals surface area (Å²) in [7, 11) is 0. The van der Waals surface area contributed by atoms with E-state index in [9.17, 15) is 4.79 Å². The number of halogens is 1. The fraction of sp³-hybridized carbons (Fsp3) is 0.462. The Morgan fingerprint density at radius 2 is 2.06 bits per heavy atom. The van der Waals surface area contributed by atoms with Crippen molar-refractivity contribution in [3.8, 4) is 0 Å². The summed E-state index contributed by atoms with van der Waals surface area (Å²) in [6, 6.07) is 6.58. The third-order valence-corrected chi connectivity index (χ3v) is 4.12. The number of carbonyl (C=O) groups is 1. The van der Waals surface area contributed by atoms with E-state index < -0.39 is 0 Å². The molecule has 1 N–H and O–H groups in total. The quantitative estimate of drug-likeness (QED) is 0.863. The number of hydrogen-bond acceptors (Lipinski definition) is 2. The van der Waals surface area contributed by atoms with Gasteiger partial charge in [0.05, 0.1) is 17.9 Å². The number of benzene rings is 1. The minimum absolute atomic E-state index is 0.103. The molecule has 1 fully saturated rings. The molecule has 0 saturated heterocycles. The maximum absolute atomic E-state index is 11.7. The summed E-state index contributed by atoms with van der Waals surface area (Å²) in [6.07, 6.45) is 4.98. The molecule has 4 heteroatoms. The van der Waals surface area contributed by atoms with E-state index in [4.69, 9.17) is 0 Å². The average Bonchev–Trinajstić information content (AvgIpc) is 2.82. The highest BCUT2D eigenvalue weighted by molar-refractivity contribution is 9.10. The van der Waals surface area contributed by atoms with E-state index in [0.29, 0.717) is 12.6 Å². The van der Waals surface area contributed by atoms with Gasteiger partial charge in [-0.25, -0.2) is 0 Å². The van der Waals surface area contributed by atoms with Crippen molar-refractivity contribution in [1.82, 2.24) is 0 Å². The van der Waals surface area contributed by atoms with Crippen molar-refractivity contribution in [3.63, 3.8) is 0 Å². The Balaban J connectivity index is 1.99. The van der Waals surface area contributed by atoms with Gasteiger partial charge in [-0.2, -0.15) is 0 Å². The van der Waals surface area contributed by atoms with Gasteiger partial charge in [-0.3, -0.25) is 4.79 Å². The van der Waals surface area contributed by atoms with Crippen LogP contribution in [0, 0.1) is 0 Å². The van der Waals surface area contributed by atoms with Gasteiger partial charge >= 0.3 is 0 Å². The lowest BCUT2D eigenvalue weighted by atomic mass is 10.1. The van der Waals surface area contributed by atoms with E-state index in [1.807, 2.05) is 12.1 Å². The summed E-state index contributed by atoms with van der Waals surface area (Å²) in [5.41, 5.74) is 2.10. The molecule has 90 valence electrons. The van der Waals surface area contributed by atoms with E-state index >= 15 is 0 Å². The molecule has 0 aromatic heterocycles. The van der Waals surface area contributed by atoms with Crippen molar-refractivity contribution in [3.05, 3.63) is 22.7 Å². The van der Waals surface area contributed by atoms with Gasteiger partial charge in [-0.15, -0.1) is 0 Å². The molecule has 0 atom stereocenters. The summed E-state index contributed by atoms with van der Waals surface area (Å²) in [5.74, 6) is 0.103. The van der Waals surface area contributed by atoms with E-state index in [2.05, 4.69) is 32.2 Å². The monoisotopic (exact) mass is 294 g/mol. The molecule has 0 spiro atoms. The zero-order valence-electron chi connectivity index (χ0n) is 9.58. The number of fused-ring (bicyclic) bond motifs is 1. The first-order valence-electron chi connectivity index (χ1n) is 6.10. The SMILES string of the molecule is O=C1CN(C2CCCC2)c2cc(Br)ccc2N1. The molecule has 3 rings (SSSR count). The van der Waals surface area contributed by atoms with Crippen LogP contribution >= 0.6 is 15.9 Å². The molecule has 1 amide bonds. The minimum atomic E-state index is 0.103. The summed E-state index contributed by atoms with van der Waals surface area (Å²) in [4.78, 5) is 14.0. The Labute approximate surface area is 109 Å². The summed E-state index contributed by atoms with van der Waals surface area (Å²) in [6.45, 7) is 0.494. The lowest BCUT2D eigenvalue weighted by molar-refractivity contribution is -0.115. The molecule has 1 saturated carbocycles. The molecule has 1 aliphatic heterocycles. The van der Waals surface area contributed by atoms with Crippen molar-refractivity contribution in [2.45, 2.75) is 31.7 Å². The van der Waals surface area contributed by atoms with Crippen LogP contribution in [0.5, 0.6) is 0 Å². The molecule has 3 nitrogen and oxygen atoms in total. The van der Waals surface area contributed by atoms with Gasteiger partial charge in [-0.1, -0.05) is 28.8 Å². The molecule has 1 aliphatic carbocycles. The maximum Gasteiger partial charge on any atom is 0.243 e. The number of nitrogens with one attached hydrogen (secondary N) is 1. The highest BCUT2D eigenvalue weighted by atomic mass is 79.9. The van der Waals surface area contributed by atoms with Gasteiger partial charge in [0, 0.05) is 10.5 Å². The second-order valence-electron chi connectivity index (χ2n) is 4.78. The van der Waals surface area contributed by atoms with E-state index in [-0.39, 0.29) is 5.91 Å². The van der Waals surface area contributed by atoms with Crippen LogP contribution in [0.15, 0.2) is 22.7 Å². The molecule has 0 radical (unpaired) electrons. The number of anilines is 2. The standard InChI is InChI=1S/C13H15BrN2O/c14-9-5-6-11-12(7-9)16(8-13(17)15-11)10-3-1-2-4-10/h5-7,10H,1-4,8H2,(H,15,17). The summed E-state index contributed by atoms with van der Waals surface area (Å²) in [5, 5.41) is 2.94. The third-order valence-electron chi connectivity index (χ3n) is 3.62. The Kier molecular flexibility index (Phi) is 2.82. The van der Waals surface area contributed by atoms with Crippen LogP contribution in [-0.4, -0.2) is 18.5 Å². The molecule has 2 aliphatic rings. The fourth-order valence-electron chi connectivity index (χ4n) is 2.82. The molecule has 0 unspecified atom stereocenters. The van der Waals surface area contributed by atoms with Crippen molar-refractivity contribution in [2.75, 3.05) is 16.8 Å². The predicted octanol–water partition coefficient (Wildman–Crippen LogP) is 3.15. The highest BCUT2D eigenvalue weighted by Crippen LogP contribution is 2.37. The van der Waals surface area contributed by atoms with E-state index in [1.165, 1.54) is 25.7 Å². The van der Waals surface area contributed by atoms with Gasteiger partial charge in [-0.05, 0) is 31.0 Å². The Hall–Kier alpha value is -1.03. The first-order chi connectivity index (χ1) is 8.24. The number of amides is 1. The first-order valence-corrected chi connectivity index (χ1v) is 6.89. The van der Waals surface area contributed by atoms with Gasteiger partial charge in [0.1, 0.15) is 0 Å². The van der Waals surface area contributed by atoms with Gasteiger partial charge < -0.3 is 10.2 Å². The van der Waals surface area contributed by atoms with Gasteiger partial charge in [0.25, 0.3) is 0 Å². The molecule has 1 aromatic carbocycles. The number of carbonyl (C=O) groups excluding carboxylic acids is 1. The van der Waals surface area contributed by atoms with Crippen molar-refractivity contribution < 1.29 is 4.79 Å². The first kappa shape index (κ1) is 11.1. The van der Waals surface area contributed by atoms with Crippen molar-refractivity contribution in [1.29, 1.82) is 0 Å². The lowest BCUT2D eigenvalue weighted by Gasteiger charge is -2.35. The number of nitrogens with zero attached hydrogens (tertiary/aromatic N) is 1. The van der Waals surface area contributed by atoms with E-state index in [1.54, 1.807) is 0 Å². The van der Waals surface area contributed by atoms with Crippen molar-refractivity contribution >= 4 is 33.2 Å². The maximum atomic E-state index is 11.7. The Bertz CT molecular complexity index is 455. The topological polar surface area (TPSA) is 32.3 Å². The van der Waals surface area contributed by atoms with Crippen LogP contribution in [0.2, 0.25) is 0 Å². The lowest BCUT2D eigenvalue weighted by Crippen LogP contribution is -2.43. The zero-order valence-corrected chi connectivity index (χ0v) is 11.2. The smallest absolute Gasteiger partial charge is 0.243 e. The molecule has 17 heavy (non-hydrogen) atoms. The van der Waals surface area contributed by atoms with Gasteiger partial charge in [0.15, 0.2) is 0 Å². The minimum Gasteiger partial charge on any atom is -0.358 e. The summed E-state index contributed by atoms with van der Waals surface area (Å²) >= 11 is 3.50. The largest absolute Gasteiger partial charge is 0.358 e. The molecular formula is C13H15BrN2O. The number of rotatable bonds is 1. The second kappa shape index (κ2) is 4.33. The third kappa shape index (κ3) is 2.06. The molecular weight excluding hydrogens is 280 g/mol. The molecule has 1 aromatic rings. The van der Waals surface area contributed by atoms with Crippen LogP contribution in [0.1, 0.15) is 25.7 Å². The van der Waals surface area contributed by atoms with Crippen LogP contribution in [0.4, 0.5) is 11.4 Å². The molecule has 0 bridgehead atoms. The van der Waals surface area contributed by atoms with Crippen LogP contribution in [0.25, 0.3) is 0 Å². The van der Waals surface area contributed by atoms with E-state index in [0.717, 1.165) is 15.8 Å². The summed E-state index contributed by atoms with van der Waals surface area (Å²) < 4.78 is 1.07. The van der Waals surface area contributed by atoms with Crippen LogP contribution < -0.4 is 10.2 Å². The Morgan fingerprint density at radius 3 is 2.82 bits per heavy atom. The predicted molar refractivity (Wildman–Crippen MR) is 72.4 cm³/mol. The normalized spacial score (nSPS) is 20.3. The fourth-order valence-corrected chi connectivity index (χ4v) is 3.17. The molecule has 1 heterocycles. The Morgan fingerprint density at radius 1 is 1.29 bits per heavy atom. The van der Waals surface area contributed by atoms with Crippen LogP contribution in [-0.2, 0) is 4.79 Å².